The topological polar surface area (TPSA) is 47.9 Å². The van der Waals surface area contributed by atoms with Gasteiger partial charge in [0.2, 0.25) is 0 Å². The molecule has 0 spiro atoms. The Bertz CT molecular complexity index is 66.9. The second-order valence-corrected chi connectivity index (χ2v) is 2.69. The van der Waals surface area contributed by atoms with E-state index in [0.29, 0.717) is 6.04 Å². The highest BCUT2D eigenvalue weighted by atomic mass is 16.3. The molecular weight excluding hydrogens is 102 g/mol. The van der Waals surface area contributed by atoms with E-state index < -0.39 is 0 Å². The lowest BCUT2D eigenvalue weighted by Gasteiger charge is -2.19. The molecule has 0 unspecified atom stereocenters. The maximum atomic E-state index is 9.04. The number of rotatable bonds is 0. The van der Waals surface area contributed by atoms with Gasteiger partial charge in [-0.05, 0) is 19.3 Å². The first-order valence-electron chi connectivity index (χ1n) is 3.30. The van der Waals surface area contributed by atoms with Crippen molar-refractivity contribution in [1.82, 2.24) is 0 Å². The van der Waals surface area contributed by atoms with Crippen molar-refractivity contribution in [2.45, 2.75) is 37.8 Å². The quantitative estimate of drug-likeness (QED) is 0.441. The molecule has 1 aliphatic rings. The summed E-state index contributed by atoms with van der Waals surface area (Å²) in [5, 5.41) is 9.04. The highest BCUT2D eigenvalue weighted by molar-refractivity contribution is 4.68. The van der Waals surface area contributed by atoms with E-state index in [-0.39, 0.29) is 6.10 Å². The van der Waals surface area contributed by atoms with Gasteiger partial charge in [-0.3, -0.25) is 0 Å². The zero-order valence-electron chi connectivity index (χ0n) is 5.14. The third-order valence-electron chi connectivity index (χ3n) is 1.76. The molecule has 0 aromatic heterocycles. The third kappa shape index (κ3) is 1.46. The van der Waals surface area contributed by atoms with Gasteiger partial charge in [0.05, 0.1) is 12.1 Å². The molecule has 0 amide bonds. The molecule has 1 rings (SSSR count). The molecule has 2 nitrogen and oxygen atoms in total. The Labute approximate surface area is 49.7 Å². The second-order valence-electron chi connectivity index (χ2n) is 2.69. The molecule has 0 aromatic carbocycles. The van der Waals surface area contributed by atoms with Gasteiger partial charge in [-0.25, -0.2) is 0 Å². The first-order chi connectivity index (χ1) is 3.79. The lowest BCUT2D eigenvalue weighted by Crippen LogP contribution is -2.62. The first-order valence-corrected chi connectivity index (χ1v) is 3.30. The minimum atomic E-state index is -0.0498. The average Bonchev–Trinajstić information content (AvgIpc) is 1.64. The molecule has 1 fully saturated rings. The van der Waals surface area contributed by atoms with Crippen molar-refractivity contribution in [2.24, 2.45) is 0 Å². The first kappa shape index (κ1) is 6.05. The van der Waals surface area contributed by atoms with Gasteiger partial charge in [-0.15, -0.1) is 0 Å². The highest BCUT2D eigenvalue weighted by Crippen LogP contribution is 2.14. The summed E-state index contributed by atoms with van der Waals surface area (Å²) in [6.45, 7) is 0. The van der Waals surface area contributed by atoms with Crippen molar-refractivity contribution in [1.29, 1.82) is 0 Å². The monoisotopic (exact) mass is 116 g/mol. The molecule has 1 aliphatic carbocycles. The van der Waals surface area contributed by atoms with Gasteiger partial charge >= 0.3 is 0 Å². The summed E-state index contributed by atoms with van der Waals surface area (Å²) < 4.78 is 0. The fourth-order valence-electron chi connectivity index (χ4n) is 1.26. The largest absolute Gasteiger partial charge is 0.393 e. The van der Waals surface area contributed by atoms with Gasteiger partial charge in [-0.1, -0.05) is 0 Å². The van der Waals surface area contributed by atoms with E-state index in [4.69, 9.17) is 5.11 Å². The Morgan fingerprint density at radius 2 is 2.12 bits per heavy atom. The summed E-state index contributed by atoms with van der Waals surface area (Å²) >= 11 is 0. The van der Waals surface area contributed by atoms with E-state index >= 15 is 0 Å². The number of aliphatic hydroxyl groups excluding tert-OH is 1. The van der Waals surface area contributed by atoms with Crippen LogP contribution in [0.25, 0.3) is 0 Å². The Hall–Kier alpha value is -0.0800. The van der Waals surface area contributed by atoms with E-state index in [2.05, 4.69) is 5.73 Å². The van der Waals surface area contributed by atoms with Crippen molar-refractivity contribution in [3.8, 4) is 0 Å². The molecule has 0 heterocycles. The normalized spacial score (nSPS) is 39.8. The SMILES string of the molecule is [NH3+][C@H]1CCC[C@H](O)C1. The molecule has 4 N–H and O–H groups in total. The minimum absolute atomic E-state index is 0.0498. The van der Waals surface area contributed by atoms with Crippen molar-refractivity contribution in [3.63, 3.8) is 0 Å². The van der Waals surface area contributed by atoms with Crippen LogP contribution >= 0.6 is 0 Å². The Morgan fingerprint density at radius 1 is 1.38 bits per heavy atom. The highest BCUT2D eigenvalue weighted by Gasteiger charge is 2.18. The minimum Gasteiger partial charge on any atom is -0.393 e. The Morgan fingerprint density at radius 3 is 2.50 bits per heavy atom. The summed E-state index contributed by atoms with van der Waals surface area (Å²) in [5.41, 5.74) is 3.89. The predicted octanol–water partition coefficient (Wildman–Crippen LogP) is -0.468. The van der Waals surface area contributed by atoms with Crippen LogP contribution in [0.5, 0.6) is 0 Å². The smallest absolute Gasteiger partial charge is 0.0868 e. The maximum absolute atomic E-state index is 9.04. The Balaban J connectivity index is 2.23. The zero-order valence-corrected chi connectivity index (χ0v) is 5.14. The molecule has 2 atom stereocenters. The molecule has 48 valence electrons. The van der Waals surface area contributed by atoms with Crippen LogP contribution in [0.15, 0.2) is 0 Å². The van der Waals surface area contributed by atoms with Gasteiger partial charge in [0.1, 0.15) is 0 Å². The maximum Gasteiger partial charge on any atom is 0.0868 e. The van der Waals surface area contributed by atoms with Crippen molar-refractivity contribution >= 4 is 0 Å². The molecule has 0 radical (unpaired) electrons. The van der Waals surface area contributed by atoms with E-state index in [1.807, 2.05) is 0 Å². The summed E-state index contributed by atoms with van der Waals surface area (Å²) in [4.78, 5) is 0. The second kappa shape index (κ2) is 2.46. The van der Waals surface area contributed by atoms with Crippen molar-refractivity contribution < 1.29 is 10.8 Å². The van der Waals surface area contributed by atoms with E-state index in [1.54, 1.807) is 0 Å². The van der Waals surface area contributed by atoms with Crippen LogP contribution in [-0.4, -0.2) is 17.3 Å². The predicted molar refractivity (Wildman–Crippen MR) is 31.2 cm³/mol. The molecule has 0 saturated heterocycles. The summed E-state index contributed by atoms with van der Waals surface area (Å²) in [7, 11) is 0. The third-order valence-corrected chi connectivity index (χ3v) is 1.76. The standard InChI is InChI=1S/C6H13NO/c7-5-2-1-3-6(8)4-5/h5-6,8H,1-4,7H2/p+1/t5-,6-/m0/s1. The van der Waals surface area contributed by atoms with E-state index in [9.17, 15) is 0 Å². The van der Waals surface area contributed by atoms with Crippen LogP contribution in [0.1, 0.15) is 25.7 Å². The van der Waals surface area contributed by atoms with Gasteiger partial charge in [-0.2, -0.15) is 0 Å². The Kier molecular flexibility index (Phi) is 1.86. The van der Waals surface area contributed by atoms with E-state index in [0.717, 1.165) is 19.3 Å². The van der Waals surface area contributed by atoms with Crippen molar-refractivity contribution in [3.05, 3.63) is 0 Å². The fraction of sp³-hybridized carbons (Fsp3) is 1.00. The lowest BCUT2D eigenvalue weighted by atomic mass is 9.94. The summed E-state index contributed by atoms with van der Waals surface area (Å²) in [6, 6.07) is 0.513. The van der Waals surface area contributed by atoms with Crippen LogP contribution in [0.4, 0.5) is 0 Å². The van der Waals surface area contributed by atoms with Crippen LogP contribution in [0.2, 0.25) is 0 Å². The molecule has 0 aliphatic heterocycles. The zero-order chi connectivity index (χ0) is 5.98. The summed E-state index contributed by atoms with van der Waals surface area (Å²) in [5.74, 6) is 0. The number of quaternary nitrogens is 1. The molecule has 2 heteroatoms. The number of hydrogen-bond acceptors (Lipinski definition) is 1. The van der Waals surface area contributed by atoms with Gasteiger partial charge in [0, 0.05) is 6.42 Å². The van der Waals surface area contributed by atoms with Gasteiger partial charge in [0.25, 0.3) is 0 Å². The van der Waals surface area contributed by atoms with E-state index in [1.165, 1.54) is 6.42 Å². The van der Waals surface area contributed by atoms with Crippen LogP contribution in [0.3, 0.4) is 0 Å². The van der Waals surface area contributed by atoms with Crippen LogP contribution < -0.4 is 5.73 Å². The molecular formula is C6H14NO+. The van der Waals surface area contributed by atoms with Crippen molar-refractivity contribution in [2.75, 3.05) is 0 Å². The summed E-state index contributed by atoms with van der Waals surface area (Å²) in [6.07, 6.45) is 4.23. The fourth-order valence-corrected chi connectivity index (χ4v) is 1.26. The molecule has 8 heavy (non-hydrogen) atoms. The number of aliphatic hydroxyl groups is 1. The van der Waals surface area contributed by atoms with Gasteiger partial charge < -0.3 is 10.8 Å². The van der Waals surface area contributed by atoms with Crippen LogP contribution in [0, 0.1) is 0 Å². The molecule has 0 aromatic rings. The molecule has 0 bridgehead atoms. The molecule has 1 saturated carbocycles. The van der Waals surface area contributed by atoms with Crippen LogP contribution in [-0.2, 0) is 0 Å². The lowest BCUT2D eigenvalue weighted by molar-refractivity contribution is -0.428. The average molecular weight is 116 g/mol. The number of hydrogen-bond donors (Lipinski definition) is 2. The van der Waals surface area contributed by atoms with Gasteiger partial charge in [0.15, 0.2) is 0 Å².